The molecule has 2 heterocycles. The van der Waals surface area contributed by atoms with Crippen LogP contribution in [-0.2, 0) is 0 Å². The van der Waals surface area contributed by atoms with Crippen molar-refractivity contribution in [3.63, 3.8) is 0 Å². The summed E-state index contributed by atoms with van der Waals surface area (Å²) in [6.45, 7) is 0.750. The Hall–Kier alpha value is -0.930. The lowest BCUT2D eigenvalue weighted by atomic mass is 10.1. The van der Waals surface area contributed by atoms with Crippen LogP contribution in [0.1, 0.15) is 35.9 Å². The molecule has 0 saturated carbocycles. The van der Waals surface area contributed by atoms with E-state index in [0.717, 1.165) is 24.9 Å². The molecule has 3 nitrogen and oxygen atoms in total. The fourth-order valence-electron chi connectivity index (χ4n) is 1.75. The topological polar surface area (TPSA) is 40.4 Å². The zero-order valence-corrected chi connectivity index (χ0v) is 7.44. The first-order valence-corrected chi connectivity index (χ1v) is 4.30. The number of hydrogen-bond donors (Lipinski definition) is 1. The van der Waals surface area contributed by atoms with Gasteiger partial charge in [0.25, 0.3) is 0 Å². The highest BCUT2D eigenvalue weighted by atomic mass is 16.5. The van der Waals surface area contributed by atoms with E-state index in [1.54, 1.807) is 12.4 Å². The van der Waals surface area contributed by atoms with Crippen LogP contribution in [0.5, 0.6) is 0 Å². The van der Waals surface area contributed by atoms with Crippen molar-refractivity contribution < 1.29 is 9.18 Å². The third-order valence-electron chi connectivity index (χ3n) is 2.39. The van der Waals surface area contributed by atoms with Gasteiger partial charge in [0.1, 0.15) is 6.04 Å². The summed E-state index contributed by atoms with van der Waals surface area (Å²) in [6, 6.07) is 4.01. The Morgan fingerprint density at radius 3 is 3.15 bits per heavy atom. The van der Waals surface area contributed by atoms with Crippen LogP contribution in [-0.4, -0.2) is 11.5 Å². The summed E-state index contributed by atoms with van der Waals surface area (Å²) in [5.74, 6) is 0. The summed E-state index contributed by atoms with van der Waals surface area (Å²) < 4.78 is 17.8. The number of rotatable bonds is 1. The highest BCUT2D eigenvalue weighted by Gasteiger charge is 2.23. The van der Waals surface area contributed by atoms with E-state index in [1.165, 1.54) is 0 Å². The minimum atomic E-state index is -1.42. The molecule has 1 N–H and O–H groups in total. The van der Waals surface area contributed by atoms with Crippen molar-refractivity contribution in [1.29, 1.82) is 0 Å². The number of hydrogen-bond acceptors (Lipinski definition) is 2. The minimum absolute atomic E-state index is 0.138. The van der Waals surface area contributed by atoms with Crippen molar-refractivity contribution in [3.8, 4) is 0 Å². The normalized spacial score (nSPS) is 29.8. The van der Waals surface area contributed by atoms with Gasteiger partial charge in [0.15, 0.2) is 0 Å². The van der Waals surface area contributed by atoms with Gasteiger partial charge < -0.3 is 10.3 Å². The lowest BCUT2D eigenvalue weighted by molar-refractivity contribution is -0.867. The third-order valence-corrected chi connectivity index (χ3v) is 2.39. The van der Waals surface area contributed by atoms with Crippen LogP contribution < -0.4 is 5.06 Å². The summed E-state index contributed by atoms with van der Waals surface area (Å²) >= 11 is 0. The number of hydroxylamine groups is 2. The van der Waals surface area contributed by atoms with Crippen LogP contribution in [0, 0.1) is 5.21 Å². The Kier molecular flexibility index (Phi) is 2.18. The smallest absolute Gasteiger partial charge is 0.115 e. The summed E-state index contributed by atoms with van der Waals surface area (Å²) in [4.78, 5) is 4.01. The molecule has 1 aliphatic heterocycles. The number of pyridine rings is 1. The quantitative estimate of drug-likeness (QED) is 0.658. The highest BCUT2D eigenvalue weighted by Crippen LogP contribution is 2.16. The van der Waals surface area contributed by atoms with E-state index in [2.05, 4.69) is 4.98 Å². The predicted molar refractivity (Wildman–Crippen MR) is 52.1 cm³/mol. The van der Waals surface area contributed by atoms with Gasteiger partial charge in [0.2, 0.25) is 0 Å². The molecule has 1 aromatic heterocycles. The number of nitrogens with zero attached hydrogens (tertiary/aromatic N) is 1. The second-order valence-electron chi connectivity index (χ2n) is 3.20. The van der Waals surface area contributed by atoms with Crippen molar-refractivity contribution in [3.05, 3.63) is 35.3 Å². The SMILES string of the molecule is [2H]C([2H])[2H].[O-][NH+]1CCC[C@H]1c1cccnc1. The van der Waals surface area contributed by atoms with Gasteiger partial charge in [-0.1, -0.05) is 13.4 Å². The molecular weight excluding hydrogens is 164 g/mol. The molecule has 0 spiro atoms. The molecule has 0 radical (unpaired) electrons. The van der Waals surface area contributed by atoms with Gasteiger partial charge in [-0.25, -0.2) is 0 Å². The molecule has 72 valence electrons. The molecule has 0 aromatic carbocycles. The maximum atomic E-state index is 11.3. The van der Waals surface area contributed by atoms with E-state index in [1.807, 2.05) is 12.1 Å². The van der Waals surface area contributed by atoms with Gasteiger partial charge in [-0.2, -0.15) is 0 Å². The molecule has 0 bridgehead atoms. The summed E-state index contributed by atoms with van der Waals surface area (Å²) in [5.41, 5.74) is 1.08. The summed E-state index contributed by atoms with van der Waals surface area (Å²) in [7, 11) is -1.42. The molecular formula is C10H16N2O. The van der Waals surface area contributed by atoms with Crippen molar-refractivity contribution >= 4 is 0 Å². The number of quaternary nitrogens is 1. The fraction of sp³-hybridized carbons (Fsp3) is 0.500. The standard InChI is InChI=1S/C9H12N2O.CH4/c12-11-6-2-4-9(11)8-3-1-5-10-7-8;/h1,3,5,7,9,11H,2,4,6H2;1H4/t9-;/m0./s1/i;1D3. The van der Waals surface area contributed by atoms with Crippen LogP contribution >= 0.6 is 0 Å². The zero-order valence-electron chi connectivity index (χ0n) is 10.4. The molecule has 1 saturated heterocycles. The average Bonchev–Trinajstić information content (AvgIpc) is 2.65. The van der Waals surface area contributed by atoms with E-state index in [-0.39, 0.29) is 6.04 Å². The Balaban J connectivity index is 0.000000280. The highest BCUT2D eigenvalue weighted by molar-refractivity contribution is 5.12. The Morgan fingerprint density at radius 1 is 1.77 bits per heavy atom. The Morgan fingerprint density at radius 2 is 2.62 bits per heavy atom. The van der Waals surface area contributed by atoms with Crippen molar-refractivity contribution in [2.24, 2.45) is 0 Å². The summed E-state index contributed by atoms with van der Waals surface area (Å²) in [6.07, 6.45) is 5.58. The Labute approximate surface area is 83.2 Å². The molecule has 0 amide bonds. The van der Waals surface area contributed by atoms with E-state index in [4.69, 9.17) is 4.11 Å². The van der Waals surface area contributed by atoms with Crippen molar-refractivity contribution in [2.45, 2.75) is 26.2 Å². The van der Waals surface area contributed by atoms with Gasteiger partial charge in [-0.15, -0.1) is 0 Å². The largest absolute Gasteiger partial charge is 0.634 e. The van der Waals surface area contributed by atoms with E-state index in [9.17, 15) is 5.21 Å². The first-order chi connectivity index (χ1) is 7.61. The van der Waals surface area contributed by atoms with Crippen molar-refractivity contribution in [2.75, 3.05) is 6.54 Å². The van der Waals surface area contributed by atoms with E-state index >= 15 is 0 Å². The number of nitrogens with one attached hydrogen (secondary N) is 1. The molecule has 13 heavy (non-hydrogen) atoms. The fourth-order valence-corrected chi connectivity index (χ4v) is 1.75. The lowest BCUT2D eigenvalue weighted by Crippen LogP contribution is -3.05. The molecule has 1 aromatic rings. The van der Waals surface area contributed by atoms with Crippen LogP contribution in [0.3, 0.4) is 0 Å². The van der Waals surface area contributed by atoms with Gasteiger partial charge in [0.05, 0.1) is 6.54 Å². The molecule has 1 unspecified atom stereocenters. The van der Waals surface area contributed by atoms with Gasteiger partial charge in [0, 0.05) is 34.9 Å². The monoisotopic (exact) mass is 183 g/mol. The second kappa shape index (κ2) is 4.35. The molecule has 2 rings (SSSR count). The van der Waals surface area contributed by atoms with Crippen LogP contribution in [0.15, 0.2) is 24.5 Å². The van der Waals surface area contributed by atoms with Gasteiger partial charge in [-0.3, -0.25) is 4.98 Å². The zero-order chi connectivity index (χ0) is 12.0. The third kappa shape index (κ3) is 2.05. The van der Waals surface area contributed by atoms with Crippen LogP contribution in [0.4, 0.5) is 0 Å². The molecule has 1 fully saturated rings. The molecule has 2 atom stereocenters. The lowest BCUT2D eigenvalue weighted by Gasteiger charge is -2.23. The first kappa shape index (κ1) is 6.51. The molecule has 1 aliphatic rings. The number of aromatic nitrogens is 1. The maximum Gasteiger partial charge on any atom is 0.115 e. The van der Waals surface area contributed by atoms with Gasteiger partial charge >= 0.3 is 0 Å². The van der Waals surface area contributed by atoms with Crippen LogP contribution in [0.25, 0.3) is 0 Å². The van der Waals surface area contributed by atoms with E-state index in [0.29, 0.717) is 5.06 Å². The van der Waals surface area contributed by atoms with Gasteiger partial charge in [-0.05, 0) is 6.07 Å². The maximum absolute atomic E-state index is 11.3. The Bertz CT molecular complexity index is 295. The second-order valence-corrected chi connectivity index (χ2v) is 3.20. The predicted octanol–water partition coefficient (Wildman–Crippen LogP) is 0.935. The van der Waals surface area contributed by atoms with Crippen molar-refractivity contribution in [1.82, 2.24) is 4.98 Å². The molecule has 0 aliphatic carbocycles. The average molecular weight is 183 g/mol. The minimum Gasteiger partial charge on any atom is -0.634 e. The van der Waals surface area contributed by atoms with E-state index < -0.39 is 7.35 Å². The molecule has 3 heteroatoms. The van der Waals surface area contributed by atoms with Crippen LogP contribution in [0.2, 0.25) is 0 Å². The summed E-state index contributed by atoms with van der Waals surface area (Å²) in [5, 5.41) is 11.7. The first-order valence-electron chi connectivity index (χ1n) is 6.04.